The molecule has 0 bridgehead atoms. The first-order chi connectivity index (χ1) is 7.27. The van der Waals surface area contributed by atoms with Gasteiger partial charge in [0.1, 0.15) is 0 Å². The summed E-state index contributed by atoms with van der Waals surface area (Å²) in [5.41, 5.74) is 1.25. The SMILES string of the molecule is CN(c1ccccc1)C1C=C(Cl)CCC1. The second-order valence-electron chi connectivity index (χ2n) is 4.02. The lowest BCUT2D eigenvalue weighted by atomic mass is 10.0. The van der Waals surface area contributed by atoms with Crippen LogP contribution in [0.15, 0.2) is 41.4 Å². The van der Waals surface area contributed by atoms with Gasteiger partial charge in [0.15, 0.2) is 0 Å². The maximum atomic E-state index is 6.08. The van der Waals surface area contributed by atoms with Crippen molar-refractivity contribution in [3.8, 4) is 0 Å². The Balaban J connectivity index is 2.14. The molecule has 0 fully saturated rings. The molecule has 1 aromatic carbocycles. The van der Waals surface area contributed by atoms with E-state index in [0.29, 0.717) is 6.04 Å². The molecule has 0 aliphatic heterocycles. The highest BCUT2D eigenvalue weighted by atomic mass is 35.5. The van der Waals surface area contributed by atoms with Crippen LogP contribution < -0.4 is 4.90 Å². The van der Waals surface area contributed by atoms with E-state index in [2.05, 4.69) is 42.3 Å². The highest BCUT2D eigenvalue weighted by molar-refractivity contribution is 6.29. The number of anilines is 1. The van der Waals surface area contributed by atoms with E-state index in [0.717, 1.165) is 11.5 Å². The molecule has 1 aliphatic carbocycles. The van der Waals surface area contributed by atoms with Crippen molar-refractivity contribution in [3.63, 3.8) is 0 Å². The third kappa shape index (κ3) is 2.54. The van der Waals surface area contributed by atoms with E-state index in [1.807, 2.05) is 6.07 Å². The standard InChI is InChI=1S/C13H16ClN/c1-15(12-7-3-2-4-8-12)13-9-5-6-11(14)10-13/h2-4,7-8,10,13H,5-6,9H2,1H3. The fourth-order valence-corrected chi connectivity index (χ4v) is 2.29. The summed E-state index contributed by atoms with van der Waals surface area (Å²) in [5, 5.41) is 1.01. The molecule has 2 rings (SSSR count). The number of hydrogen-bond acceptors (Lipinski definition) is 1. The zero-order valence-electron chi connectivity index (χ0n) is 8.99. The van der Waals surface area contributed by atoms with Crippen molar-refractivity contribution < 1.29 is 0 Å². The zero-order chi connectivity index (χ0) is 10.7. The van der Waals surface area contributed by atoms with Crippen LogP contribution >= 0.6 is 11.6 Å². The molecule has 0 saturated carbocycles. The van der Waals surface area contributed by atoms with Crippen molar-refractivity contribution in [1.82, 2.24) is 0 Å². The Morgan fingerprint density at radius 3 is 2.67 bits per heavy atom. The van der Waals surface area contributed by atoms with Crippen molar-refractivity contribution in [3.05, 3.63) is 41.4 Å². The van der Waals surface area contributed by atoms with E-state index >= 15 is 0 Å². The van der Waals surface area contributed by atoms with Gasteiger partial charge in [-0.15, -0.1) is 0 Å². The van der Waals surface area contributed by atoms with Crippen LogP contribution in [0.5, 0.6) is 0 Å². The lowest BCUT2D eigenvalue weighted by molar-refractivity contribution is 0.611. The number of benzene rings is 1. The molecule has 0 amide bonds. The average molecular weight is 222 g/mol. The van der Waals surface area contributed by atoms with Crippen LogP contribution in [-0.4, -0.2) is 13.1 Å². The van der Waals surface area contributed by atoms with Crippen molar-refractivity contribution >= 4 is 17.3 Å². The topological polar surface area (TPSA) is 3.24 Å². The third-order valence-electron chi connectivity index (χ3n) is 2.95. The predicted octanol–water partition coefficient (Wildman–Crippen LogP) is 3.80. The summed E-state index contributed by atoms with van der Waals surface area (Å²) in [6, 6.07) is 10.9. The zero-order valence-corrected chi connectivity index (χ0v) is 9.74. The molecule has 80 valence electrons. The molecule has 0 heterocycles. The van der Waals surface area contributed by atoms with Crippen molar-refractivity contribution in [2.75, 3.05) is 11.9 Å². The van der Waals surface area contributed by atoms with Gasteiger partial charge >= 0.3 is 0 Å². The molecule has 0 saturated heterocycles. The molecule has 0 radical (unpaired) electrons. The van der Waals surface area contributed by atoms with E-state index in [1.165, 1.54) is 18.5 Å². The smallest absolute Gasteiger partial charge is 0.0484 e. The van der Waals surface area contributed by atoms with E-state index in [1.54, 1.807) is 0 Å². The summed E-state index contributed by atoms with van der Waals surface area (Å²) >= 11 is 6.08. The Bertz CT molecular complexity index is 345. The molecular weight excluding hydrogens is 206 g/mol. The lowest BCUT2D eigenvalue weighted by Gasteiger charge is -2.30. The van der Waals surface area contributed by atoms with Crippen LogP contribution in [0.2, 0.25) is 0 Å². The first-order valence-electron chi connectivity index (χ1n) is 5.41. The molecule has 1 atom stereocenters. The molecular formula is C13H16ClN. The fourth-order valence-electron chi connectivity index (χ4n) is 2.02. The molecule has 1 aliphatic rings. The van der Waals surface area contributed by atoms with Gasteiger partial charge in [0.25, 0.3) is 0 Å². The summed E-state index contributed by atoms with van der Waals surface area (Å²) in [6.07, 6.45) is 5.61. The summed E-state index contributed by atoms with van der Waals surface area (Å²) in [4.78, 5) is 2.29. The van der Waals surface area contributed by atoms with Gasteiger partial charge in [0, 0.05) is 23.8 Å². The summed E-state index contributed by atoms with van der Waals surface area (Å²) < 4.78 is 0. The minimum atomic E-state index is 0.452. The largest absolute Gasteiger partial charge is 0.368 e. The summed E-state index contributed by atoms with van der Waals surface area (Å²) in [5.74, 6) is 0. The van der Waals surface area contributed by atoms with Gasteiger partial charge in [-0.3, -0.25) is 0 Å². The van der Waals surface area contributed by atoms with Crippen molar-refractivity contribution in [1.29, 1.82) is 0 Å². The van der Waals surface area contributed by atoms with Gasteiger partial charge in [-0.2, -0.15) is 0 Å². The maximum Gasteiger partial charge on any atom is 0.0484 e. The minimum absolute atomic E-state index is 0.452. The third-order valence-corrected chi connectivity index (χ3v) is 3.26. The number of para-hydroxylation sites is 1. The monoisotopic (exact) mass is 221 g/mol. The maximum absolute atomic E-state index is 6.08. The van der Waals surface area contributed by atoms with Crippen LogP contribution in [0.4, 0.5) is 5.69 Å². The molecule has 1 unspecified atom stereocenters. The molecule has 0 spiro atoms. The first kappa shape index (κ1) is 10.6. The van der Waals surface area contributed by atoms with E-state index in [-0.39, 0.29) is 0 Å². The molecule has 1 aromatic rings. The number of likely N-dealkylation sites (N-methyl/N-ethyl adjacent to an activating group) is 1. The molecule has 1 nitrogen and oxygen atoms in total. The first-order valence-corrected chi connectivity index (χ1v) is 5.79. The number of hydrogen-bond donors (Lipinski definition) is 0. The van der Waals surface area contributed by atoms with Crippen LogP contribution in [0.3, 0.4) is 0 Å². The van der Waals surface area contributed by atoms with E-state index in [4.69, 9.17) is 11.6 Å². The quantitative estimate of drug-likeness (QED) is 0.735. The summed E-state index contributed by atoms with van der Waals surface area (Å²) in [7, 11) is 2.13. The minimum Gasteiger partial charge on any atom is -0.368 e. The van der Waals surface area contributed by atoms with Crippen molar-refractivity contribution in [2.45, 2.75) is 25.3 Å². The fraction of sp³-hybridized carbons (Fsp3) is 0.385. The average Bonchev–Trinajstić information content (AvgIpc) is 2.29. The van der Waals surface area contributed by atoms with Gasteiger partial charge in [-0.05, 0) is 37.5 Å². The van der Waals surface area contributed by atoms with Gasteiger partial charge in [0.2, 0.25) is 0 Å². The second-order valence-corrected chi connectivity index (χ2v) is 4.51. The molecule has 2 heteroatoms. The molecule has 15 heavy (non-hydrogen) atoms. The highest BCUT2D eigenvalue weighted by Gasteiger charge is 2.16. The predicted molar refractivity (Wildman–Crippen MR) is 66.4 cm³/mol. The molecule has 0 N–H and O–H groups in total. The van der Waals surface area contributed by atoms with Crippen LogP contribution in [0.1, 0.15) is 19.3 Å². The Kier molecular flexibility index (Phi) is 3.32. The van der Waals surface area contributed by atoms with Gasteiger partial charge in [-0.1, -0.05) is 29.8 Å². The summed E-state index contributed by atoms with van der Waals surface area (Å²) in [6.45, 7) is 0. The Hall–Kier alpha value is -0.950. The van der Waals surface area contributed by atoms with E-state index in [9.17, 15) is 0 Å². The van der Waals surface area contributed by atoms with E-state index < -0.39 is 0 Å². The number of nitrogens with zero attached hydrogens (tertiary/aromatic N) is 1. The Morgan fingerprint density at radius 1 is 1.27 bits per heavy atom. The van der Waals surface area contributed by atoms with Crippen molar-refractivity contribution in [2.24, 2.45) is 0 Å². The van der Waals surface area contributed by atoms with Crippen LogP contribution in [-0.2, 0) is 0 Å². The Morgan fingerprint density at radius 2 is 2.00 bits per heavy atom. The van der Waals surface area contributed by atoms with Gasteiger partial charge in [-0.25, -0.2) is 0 Å². The van der Waals surface area contributed by atoms with Crippen LogP contribution in [0.25, 0.3) is 0 Å². The van der Waals surface area contributed by atoms with Gasteiger partial charge < -0.3 is 4.90 Å². The number of halogens is 1. The normalized spacial score (nSPS) is 20.9. The lowest BCUT2D eigenvalue weighted by Crippen LogP contribution is -2.31. The second kappa shape index (κ2) is 4.71. The molecule has 0 aromatic heterocycles. The van der Waals surface area contributed by atoms with Crippen LogP contribution in [0, 0.1) is 0 Å². The number of allylic oxidation sites excluding steroid dienone is 1. The Labute approximate surface area is 96.4 Å². The van der Waals surface area contributed by atoms with Gasteiger partial charge in [0.05, 0.1) is 0 Å². The number of rotatable bonds is 2. The highest BCUT2D eigenvalue weighted by Crippen LogP contribution is 2.26.